The van der Waals surface area contributed by atoms with E-state index >= 15 is 0 Å². The van der Waals surface area contributed by atoms with Gasteiger partial charge in [0.2, 0.25) is 17.1 Å². The molecule has 0 unspecified atom stereocenters. The summed E-state index contributed by atoms with van der Waals surface area (Å²) in [6.45, 7) is 4.57. The van der Waals surface area contributed by atoms with E-state index in [0.29, 0.717) is 12.8 Å². The molecule has 286 valence electrons. The Labute approximate surface area is 312 Å². The second kappa shape index (κ2) is 33.9. The van der Waals surface area contributed by atoms with Gasteiger partial charge in [0.1, 0.15) is 0 Å². The van der Waals surface area contributed by atoms with E-state index in [0.717, 1.165) is 36.1 Å². The molecule has 0 aliphatic carbocycles. The Kier molecular flexibility index (Phi) is 33.1. The molecule has 0 bridgehead atoms. The summed E-state index contributed by atoms with van der Waals surface area (Å²) in [5.41, 5.74) is -0.199. The maximum atomic E-state index is 14.0. The fraction of sp³-hybridized carbons (Fsp3) is 0.822. The molecule has 0 atom stereocenters. The van der Waals surface area contributed by atoms with Gasteiger partial charge in [-0.05, 0) is 12.8 Å². The Morgan fingerprint density at radius 2 is 0.673 bits per heavy atom. The van der Waals surface area contributed by atoms with Crippen LogP contribution in [0.3, 0.4) is 0 Å². The van der Waals surface area contributed by atoms with Crippen molar-refractivity contribution in [1.82, 2.24) is 0 Å². The topological polar surface area (TPSA) is 38.6 Å². The van der Waals surface area contributed by atoms with E-state index in [9.17, 15) is 9.59 Å². The van der Waals surface area contributed by atoms with Crippen LogP contribution >= 0.6 is 0 Å². The highest BCUT2D eigenvalue weighted by Gasteiger charge is 2.51. The van der Waals surface area contributed by atoms with Crippen molar-refractivity contribution in [2.75, 3.05) is 14.1 Å². The van der Waals surface area contributed by atoms with Crippen LogP contribution in [0.1, 0.15) is 225 Å². The van der Waals surface area contributed by atoms with Gasteiger partial charge in [-0.1, -0.05) is 224 Å². The van der Waals surface area contributed by atoms with E-state index < -0.39 is 5.54 Å². The van der Waals surface area contributed by atoms with Gasteiger partial charge in [-0.3, -0.25) is 9.59 Å². The number of carbonyl (C=O) groups excluding carboxylic acids is 2. The molecule has 3 nitrogen and oxygen atoms in total. The Balaban J connectivity index is 0.0000230. The number of unbranched alkanes of at least 4 members (excludes halogenated alkanes) is 28. The zero-order chi connectivity index (χ0) is 35.0. The monoisotopic (exact) mass is 704 g/mol. The van der Waals surface area contributed by atoms with Crippen LogP contribution in [0, 0.1) is 0 Å². The molecule has 0 saturated carbocycles. The molecule has 1 rings (SSSR count). The van der Waals surface area contributed by atoms with Crippen LogP contribution in [-0.4, -0.2) is 25.7 Å². The molecule has 1 aromatic carbocycles. The number of carbonyl (C=O) groups is 2. The minimum Gasteiger partial charge on any atom is -1.00 e. The number of ketones is 2. The van der Waals surface area contributed by atoms with Crippen molar-refractivity contribution in [2.24, 2.45) is 0 Å². The first-order valence-electron chi connectivity index (χ1n) is 21.4. The zero-order valence-electron chi connectivity index (χ0n) is 33.2. The van der Waals surface area contributed by atoms with Crippen LogP contribution in [0.2, 0.25) is 0 Å². The highest BCUT2D eigenvalue weighted by Crippen LogP contribution is 2.26. The number of quaternary nitrogens is 1. The minimum atomic E-state index is -1.08. The molecule has 0 saturated heterocycles. The van der Waals surface area contributed by atoms with E-state index in [-0.39, 0.29) is 24.0 Å². The van der Waals surface area contributed by atoms with Crippen LogP contribution < -0.4 is 17.3 Å². The Bertz CT molecular complexity index is 824. The number of Topliss-reactive ketones (excluding diaryl/α,β-unsaturated/α-hetero) is 2. The highest BCUT2D eigenvalue weighted by molar-refractivity contribution is 6.10. The molecule has 0 amide bonds. The fourth-order valence-corrected chi connectivity index (χ4v) is 7.70. The van der Waals surface area contributed by atoms with Gasteiger partial charge in [-0.25, -0.2) is 0 Å². The van der Waals surface area contributed by atoms with Gasteiger partial charge < -0.3 is 17.3 Å². The van der Waals surface area contributed by atoms with Gasteiger partial charge in [0.15, 0.2) is 0 Å². The zero-order valence-corrected chi connectivity index (χ0v) is 34.0. The van der Waals surface area contributed by atoms with E-state index in [1.807, 2.05) is 44.4 Å². The third-order valence-electron chi connectivity index (χ3n) is 10.8. The largest absolute Gasteiger partial charge is 1.00 e. The second-order valence-electron chi connectivity index (χ2n) is 15.4. The van der Waals surface area contributed by atoms with Crippen LogP contribution in [0.15, 0.2) is 30.3 Å². The van der Waals surface area contributed by atoms with Gasteiger partial charge in [0, 0.05) is 18.4 Å². The lowest BCUT2D eigenvalue weighted by Gasteiger charge is -2.34. The van der Waals surface area contributed by atoms with Gasteiger partial charge >= 0.3 is 0 Å². The molecular formula is C45H82ClNO2. The summed E-state index contributed by atoms with van der Waals surface area (Å²) < 4.78 is 0. The molecule has 1 aromatic rings. The van der Waals surface area contributed by atoms with Gasteiger partial charge in [0.25, 0.3) is 0 Å². The fourth-order valence-electron chi connectivity index (χ4n) is 7.70. The Hall–Kier alpha value is -1.19. The van der Waals surface area contributed by atoms with E-state index in [2.05, 4.69) is 13.8 Å². The van der Waals surface area contributed by atoms with Crippen molar-refractivity contribution in [3.63, 3.8) is 0 Å². The summed E-state index contributed by atoms with van der Waals surface area (Å²) in [6, 6.07) is 9.95. The summed E-state index contributed by atoms with van der Waals surface area (Å²) in [6.07, 6.45) is 40.4. The van der Waals surface area contributed by atoms with Crippen molar-refractivity contribution in [3.8, 4) is 0 Å². The molecule has 0 spiro atoms. The average molecular weight is 705 g/mol. The van der Waals surface area contributed by atoms with Crippen molar-refractivity contribution in [2.45, 2.75) is 225 Å². The first-order valence-corrected chi connectivity index (χ1v) is 21.4. The molecule has 0 aliphatic rings. The maximum Gasteiger partial charge on any atom is 0.240 e. The summed E-state index contributed by atoms with van der Waals surface area (Å²) in [5.74, 6) is 0.240. The Morgan fingerprint density at radius 1 is 0.429 bits per heavy atom. The van der Waals surface area contributed by atoms with E-state index in [4.69, 9.17) is 0 Å². The lowest BCUT2D eigenvalue weighted by atomic mass is 9.77. The summed E-state index contributed by atoms with van der Waals surface area (Å²) in [7, 11) is 4.00. The van der Waals surface area contributed by atoms with Crippen LogP contribution in [0.4, 0.5) is 0 Å². The molecule has 0 fully saturated rings. The first-order chi connectivity index (χ1) is 23.5. The van der Waals surface area contributed by atoms with Crippen LogP contribution in [-0.2, 0) is 15.1 Å². The average Bonchev–Trinajstić information content (AvgIpc) is 3.09. The third kappa shape index (κ3) is 22.4. The predicted octanol–water partition coefficient (Wildman–Crippen LogP) is 9.69. The van der Waals surface area contributed by atoms with E-state index in [1.165, 1.54) is 167 Å². The van der Waals surface area contributed by atoms with E-state index in [1.54, 1.807) is 0 Å². The van der Waals surface area contributed by atoms with Crippen molar-refractivity contribution >= 4 is 11.6 Å². The minimum absolute atomic E-state index is 0. The van der Waals surface area contributed by atoms with Crippen molar-refractivity contribution < 1.29 is 26.9 Å². The quantitative estimate of drug-likeness (QED) is 0.0558. The number of likely N-dealkylation sites (N-methyl/N-ethyl adjacent to an activating group) is 1. The number of nitrogens with one attached hydrogen (secondary N) is 1. The maximum absolute atomic E-state index is 14.0. The number of hydrogen-bond donors (Lipinski definition) is 1. The van der Waals surface area contributed by atoms with Crippen molar-refractivity contribution in [3.05, 3.63) is 35.9 Å². The molecule has 49 heavy (non-hydrogen) atoms. The molecule has 0 aromatic heterocycles. The van der Waals surface area contributed by atoms with Crippen LogP contribution in [0.5, 0.6) is 0 Å². The summed E-state index contributed by atoms with van der Waals surface area (Å²) in [4.78, 5) is 28.9. The number of benzene rings is 1. The second-order valence-corrected chi connectivity index (χ2v) is 15.4. The van der Waals surface area contributed by atoms with Gasteiger partial charge in [0.05, 0.1) is 14.1 Å². The van der Waals surface area contributed by atoms with Crippen LogP contribution in [0.25, 0.3) is 0 Å². The number of rotatable bonds is 36. The molecule has 0 radical (unpaired) electrons. The molecular weight excluding hydrogens is 622 g/mol. The molecule has 0 heterocycles. The summed E-state index contributed by atoms with van der Waals surface area (Å²) in [5, 5.41) is 0. The lowest BCUT2D eigenvalue weighted by Crippen LogP contribution is -3.16. The highest BCUT2D eigenvalue weighted by atomic mass is 35.5. The number of halogens is 1. The number of hydrogen-bond acceptors (Lipinski definition) is 2. The standard InChI is InChI=1S/C45H81NO2.ClH/c1-5-7-9-11-13-15-17-19-21-23-25-27-29-31-36-40-43(47)45(46(3)4,42-38-34-33-35-39-42)44(48)41-37-32-30-28-26-24-22-20-18-16-14-12-10-8-6-2;/h33-35,38-39H,5-32,36-37,40-41H2,1-4H3;1H. The normalized spacial score (nSPS) is 11.6. The molecule has 1 N–H and O–H groups in total. The third-order valence-corrected chi connectivity index (χ3v) is 10.8. The summed E-state index contributed by atoms with van der Waals surface area (Å²) >= 11 is 0. The molecule has 4 heteroatoms. The van der Waals surface area contributed by atoms with Gasteiger partial charge in [-0.15, -0.1) is 0 Å². The SMILES string of the molecule is CCCCCCCCCCCCCCCCCC(=O)C(C(=O)CCCCCCCCCCCCCCCCC)(c1ccccc1)[NH+](C)C.[Cl-]. The first kappa shape index (κ1) is 47.8. The Morgan fingerprint density at radius 3 is 0.918 bits per heavy atom. The van der Waals surface area contributed by atoms with Gasteiger partial charge in [-0.2, -0.15) is 0 Å². The lowest BCUT2D eigenvalue weighted by molar-refractivity contribution is -0.900. The van der Waals surface area contributed by atoms with Crippen molar-refractivity contribution in [1.29, 1.82) is 0 Å². The predicted molar refractivity (Wildman–Crippen MR) is 210 cm³/mol. The molecule has 0 aliphatic heterocycles. The smallest absolute Gasteiger partial charge is 0.240 e.